The summed E-state index contributed by atoms with van der Waals surface area (Å²) in [6.07, 6.45) is 5.19. The van der Waals surface area contributed by atoms with E-state index in [0.29, 0.717) is 50.3 Å². The molecule has 0 aliphatic carbocycles. The number of carbonyl (C=O) groups is 2. The lowest BCUT2D eigenvalue weighted by atomic mass is 9.73. The normalized spacial score (nSPS) is 21.8. The molecule has 156 valence electrons. The van der Waals surface area contributed by atoms with Crippen LogP contribution < -0.4 is 0 Å². The number of likely N-dealkylation sites (tertiary alicyclic amines) is 1. The smallest absolute Gasteiger partial charge is 0.312 e. The minimum Gasteiger partial charge on any atom is -0.466 e. The van der Waals surface area contributed by atoms with Crippen molar-refractivity contribution < 1.29 is 23.5 Å². The van der Waals surface area contributed by atoms with Crippen LogP contribution in [0, 0.1) is 5.41 Å². The molecule has 2 aliphatic heterocycles. The van der Waals surface area contributed by atoms with Gasteiger partial charge in [0, 0.05) is 25.1 Å². The zero-order valence-corrected chi connectivity index (χ0v) is 17.0. The summed E-state index contributed by atoms with van der Waals surface area (Å²) in [5.74, 6) is 0.0861. The Morgan fingerprint density at radius 2 is 2.00 bits per heavy atom. The SMILES string of the molecule is CCOC(=O)C1(CC2CCCCO2)CCN(C(=O)c2cc3ccccc3o2)CC1. The number of furan rings is 1. The third kappa shape index (κ3) is 4.17. The minimum absolute atomic E-state index is 0.103. The van der Waals surface area contributed by atoms with Crippen molar-refractivity contribution in [2.75, 3.05) is 26.3 Å². The number of benzene rings is 1. The van der Waals surface area contributed by atoms with Crippen molar-refractivity contribution in [3.8, 4) is 0 Å². The maximum atomic E-state index is 13.0. The van der Waals surface area contributed by atoms with Crippen LogP contribution in [0.15, 0.2) is 34.7 Å². The number of esters is 1. The van der Waals surface area contributed by atoms with Gasteiger partial charge in [0.05, 0.1) is 18.1 Å². The molecular formula is C23H29NO5. The highest BCUT2D eigenvalue weighted by Crippen LogP contribution is 2.40. The van der Waals surface area contributed by atoms with Crippen LogP contribution in [0.1, 0.15) is 56.0 Å². The molecule has 6 heteroatoms. The second kappa shape index (κ2) is 8.57. The molecule has 0 saturated carbocycles. The fourth-order valence-electron chi connectivity index (χ4n) is 4.56. The van der Waals surface area contributed by atoms with Gasteiger partial charge in [0.1, 0.15) is 5.58 Å². The predicted octanol–water partition coefficient (Wildman–Crippen LogP) is 4.18. The van der Waals surface area contributed by atoms with Crippen molar-refractivity contribution in [3.05, 3.63) is 36.1 Å². The average molecular weight is 399 g/mol. The van der Waals surface area contributed by atoms with E-state index in [2.05, 4.69) is 0 Å². The Bertz CT molecular complexity index is 826. The molecule has 1 unspecified atom stereocenters. The quantitative estimate of drug-likeness (QED) is 0.706. The maximum absolute atomic E-state index is 13.0. The highest BCUT2D eigenvalue weighted by Gasteiger charge is 2.45. The van der Waals surface area contributed by atoms with Crippen LogP contribution in [0.25, 0.3) is 11.0 Å². The maximum Gasteiger partial charge on any atom is 0.312 e. The van der Waals surface area contributed by atoms with Crippen molar-refractivity contribution in [2.45, 2.75) is 51.6 Å². The Hall–Kier alpha value is -2.34. The number of fused-ring (bicyclic) bond motifs is 1. The van der Waals surface area contributed by atoms with Gasteiger partial charge in [-0.1, -0.05) is 18.2 Å². The van der Waals surface area contributed by atoms with Gasteiger partial charge in [-0.25, -0.2) is 0 Å². The molecule has 0 N–H and O–H groups in total. The molecule has 3 heterocycles. The molecule has 1 amide bonds. The topological polar surface area (TPSA) is 69.0 Å². The molecular weight excluding hydrogens is 370 g/mol. The molecule has 4 rings (SSSR count). The molecule has 1 atom stereocenters. The summed E-state index contributed by atoms with van der Waals surface area (Å²) in [5.41, 5.74) is 0.144. The van der Waals surface area contributed by atoms with E-state index in [1.807, 2.05) is 31.2 Å². The lowest BCUT2D eigenvalue weighted by Gasteiger charge is -2.41. The van der Waals surface area contributed by atoms with E-state index in [4.69, 9.17) is 13.9 Å². The van der Waals surface area contributed by atoms with Gasteiger partial charge in [-0.2, -0.15) is 0 Å². The van der Waals surface area contributed by atoms with Crippen LogP contribution >= 0.6 is 0 Å². The third-order valence-electron chi connectivity index (χ3n) is 6.24. The molecule has 2 fully saturated rings. The van der Waals surface area contributed by atoms with Crippen LogP contribution in [-0.2, 0) is 14.3 Å². The van der Waals surface area contributed by atoms with Crippen LogP contribution in [0.3, 0.4) is 0 Å². The average Bonchev–Trinajstić information content (AvgIpc) is 3.19. The largest absolute Gasteiger partial charge is 0.466 e. The van der Waals surface area contributed by atoms with E-state index in [-0.39, 0.29) is 18.0 Å². The van der Waals surface area contributed by atoms with Gasteiger partial charge < -0.3 is 18.8 Å². The number of nitrogens with zero attached hydrogens (tertiary/aromatic N) is 1. The van der Waals surface area contributed by atoms with Gasteiger partial charge in [-0.15, -0.1) is 0 Å². The summed E-state index contributed by atoms with van der Waals surface area (Å²) in [7, 11) is 0. The molecule has 2 aromatic rings. The van der Waals surface area contributed by atoms with Crippen molar-refractivity contribution in [1.29, 1.82) is 0 Å². The first-order chi connectivity index (χ1) is 14.1. The van der Waals surface area contributed by atoms with Gasteiger partial charge in [-0.05, 0) is 57.6 Å². The van der Waals surface area contributed by atoms with Gasteiger partial charge in [0.25, 0.3) is 5.91 Å². The van der Waals surface area contributed by atoms with Crippen molar-refractivity contribution >= 4 is 22.8 Å². The molecule has 1 aromatic carbocycles. The molecule has 0 radical (unpaired) electrons. The van der Waals surface area contributed by atoms with Gasteiger partial charge >= 0.3 is 5.97 Å². The first kappa shape index (κ1) is 20.0. The Balaban J connectivity index is 1.46. The number of ether oxygens (including phenoxy) is 2. The zero-order valence-electron chi connectivity index (χ0n) is 17.0. The summed E-state index contributed by atoms with van der Waals surface area (Å²) in [4.78, 5) is 27.6. The lowest BCUT2D eigenvalue weighted by molar-refractivity contribution is -0.162. The number of para-hydroxylation sites is 1. The molecule has 0 bridgehead atoms. The van der Waals surface area contributed by atoms with Gasteiger partial charge in [-0.3, -0.25) is 9.59 Å². The summed E-state index contributed by atoms with van der Waals surface area (Å²) in [6, 6.07) is 9.40. The van der Waals surface area contributed by atoms with Crippen LogP contribution in [0.4, 0.5) is 0 Å². The van der Waals surface area contributed by atoms with Crippen LogP contribution in [-0.4, -0.2) is 49.2 Å². The van der Waals surface area contributed by atoms with E-state index < -0.39 is 5.41 Å². The summed E-state index contributed by atoms with van der Waals surface area (Å²) < 4.78 is 17.1. The van der Waals surface area contributed by atoms with Crippen LogP contribution in [0.2, 0.25) is 0 Å². The Morgan fingerprint density at radius 3 is 2.69 bits per heavy atom. The molecule has 6 nitrogen and oxygen atoms in total. The monoisotopic (exact) mass is 399 g/mol. The minimum atomic E-state index is -0.567. The fourth-order valence-corrected chi connectivity index (χ4v) is 4.56. The highest BCUT2D eigenvalue weighted by atomic mass is 16.5. The number of hydrogen-bond acceptors (Lipinski definition) is 5. The number of carbonyl (C=O) groups excluding carboxylic acids is 2. The third-order valence-corrected chi connectivity index (χ3v) is 6.24. The first-order valence-corrected chi connectivity index (χ1v) is 10.7. The highest BCUT2D eigenvalue weighted by molar-refractivity contribution is 5.96. The van der Waals surface area contributed by atoms with Crippen molar-refractivity contribution in [2.24, 2.45) is 5.41 Å². The van der Waals surface area contributed by atoms with E-state index in [1.165, 1.54) is 0 Å². The Labute approximate surface area is 171 Å². The molecule has 1 aromatic heterocycles. The summed E-state index contributed by atoms with van der Waals surface area (Å²) >= 11 is 0. The summed E-state index contributed by atoms with van der Waals surface area (Å²) in [6.45, 7) is 4.00. The molecule has 2 aliphatic rings. The van der Waals surface area contributed by atoms with Crippen molar-refractivity contribution in [1.82, 2.24) is 4.90 Å². The second-order valence-electron chi connectivity index (χ2n) is 8.13. The van der Waals surface area contributed by atoms with E-state index in [1.54, 1.807) is 11.0 Å². The number of piperidine rings is 1. The lowest BCUT2D eigenvalue weighted by Crippen LogP contribution is -2.48. The fraction of sp³-hybridized carbons (Fsp3) is 0.565. The predicted molar refractivity (Wildman–Crippen MR) is 109 cm³/mol. The van der Waals surface area contributed by atoms with E-state index in [0.717, 1.165) is 31.3 Å². The summed E-state index contributed by atoms with van der Waals surface area (Å²) in [5, 5.41) is 0.920. The Morgan fingerprint density at radius 1 is 1.21 bits per heavy atom. The number of rotatable bonds is 5. The van der Waals surface area contributed by atoms with Gasteiger partial charge in [0.2, 0.25) is 0 Å². The second-order valence-corrected chi connectivity index (χ2v) is 8.13. The molecule has 29 heavy (non-hydrogen) atoms. The van der Waals surface area contributed by atoms with Gasteiger partial charge in [0.15, 0.2) is 5.76 Å². The van der Waals surface area contributed by atoms with Crippen LogP contribution in [0.5, 0.6) is 0 Å². The number of hydrogen-bond donors (Lipinski definition) is 0. The first-order valence-electron chi connectivity index (χ1n) is 10.7. The Kier molecular flexibility index (Phi) is 5.90. The molecule has 0 spiro atoms. The number of amides is 1. The zero-order chi connectivity index (χ0) is 20.3. The standard InChI is InChI=1S/C23H29NO5/c1-2-27-22(26)23(16-18-8-5-6-14-28-18)10-12-24(13-11-23)21(25)20-15-17-7-3-4-9-19(17)29-20/h3-4,7,9,15,18H,2,5-6,8,10-14,16H2,1H3. The van der Waals surface area contributed by atoms with E-state index in [9.17, 15) is 9.59 Å². The van der Waals surface area contributed by atoms with Crippen molar-refractivity contribution in [3.63, 3.8) is 0 Å². The molecule has 2 saturated heterocycles. The van der Waals surface area contributed by atoms with E-state index >= 15 is 0 Å².